The average molecular weight is 262 g/mol. The van der Waals surface area contributed by atoms with Gasteiger partial charge in [0.2, 0.25) is 5.91 Å². The summed E-state index contributed by atoms with van der Waals surface area (Å²) in [4.78, 5) is 11.9. The van der Waals surface area contributed by atoms with E-state index >= 15 is 0 Å². The van der Waals surface area contributed by atoms with Gasteiger partial charge in [0, 0.05) is 5.92 Å². The maximum atomic E-state index is 11.9. The molecule has 0 aliphatic carbocycles. The van der Waals surface area contributed by atoms with Gasteiger partial charge >= 0.3 is 0 Å². The highest BCUT2D eigenvalue weighted by Gasteiger charge is 2.15. The van der Waals surface area contributed by atoms with Crippen LogP contribution in [0, 0.1) is 5.92 Å². The summed E-state index contributed by atoms with van der Waals surface area (Å²) in [7, 11) is 0. The van der Waals surface area contributed by atoms with Crippen LogP contribution in [0.25, 0.3) is 0 Å². The molecule has 104 valence electrons. The van der Waals surface area contributed by atoms with Gasteiger partial charge in [0.25, 0.3) is 0 Å². The third kappa shape index (κ3) is 5.55. The van der Waals surface area contributed by atoms with Crippen molar-refractivity contribution >= 4 is 12.1 Å². The third-order valence-corrected chi connectivity index (χ3v) is 2.93. The van der Waals surface area contributed by atoms with E-state index in [-0.39, 0.29) is 17.6 Å². The molecule has 1 amide bonds. The van der Waals surface area contributed by atoms with Gasteiger partial charge in [-0.1, -0.05) is 26.7 Å². The number of hydrazone groups is 1. The molecule has 0 atom stereocenters. The zero-order valence-corrected chi connectivity index (χ0v) is 11.6. The molecular weight excluding hydrogens is 240 g/mol. The second-order valence-electron chi connectivity index (χ2n) is 4.60. The summed E-state index contributed by atoms with van der Waals surface area (Å²) in [5.41, 5.74) is 3.42. The molecule has 0 aliphatic heterocycles. The molecule has 4 heteroatoms. The fraction of sp³-hybridized carbons (Fsp3) is 0.467. The summed E-state index contributed by atoms with van der Waals surface area (Å²) in [6.07, 6.45) is 5.37. The van der Waals surface area contributed by atoms with Crippen LogP contribution in [0.2, 0.25) is 0 Å². The number of rotatable bonds is 7. The zero-order chi connectivity index (χ0) is 14.1. The minimum atomic E-state index is -0.0151. The van der Waals surface area contributed by atoms with Gasteiger partial charge in [-0.05, 0) is 42.7 Å². The number of nitrogens with zero attached hydrogens (tertiary/aromatic N) is 1. The van der Waals surface area contributed by atoms with Gasteiger partial charge in [-0.25, -0.2) is 5.43 Å². The molecule has 0 saturated heterocycles. The summed E-state index contributed by atoms with van der Waals surface area (Å²) in [6.45, 7) is 4.16. The van der Waals surface area contributed by atoms with E-state index in [0.29, 0.717) is 0 Å². The van der Waals surface area contributed by atoms with Gasteiger partial charge < -0.3 is 5.11 Å². The topological polar surface area (TPSA) is 61.7 Å². The highest BCUT2D eigenvalue weighted by atomic mass is 16.3. The van der Waals surface area contributed by atoms with Crippen LogP contribution >= 0.6 is 0 Å². The first kappa shape index (κ1) is 15.2. The van der Waals surface area contributed by atoms with Gasteiger partial charge in [-0.15, -0.1) is 0 Å². The van der Waals surface area contributed by atoms with Crippen molar-refractivity contribution in [1.82, 2.24) is 5.43 Å². The molecule has 1 aromatic carbocycles. The fourth-order valence-electron chi connectivity index (χ4n) is 1.93. The summed E-state index contributed by atoms with van der Waals surface area (Å²) in [5, 5.41) is 13.1. The van der Waals surface area contributed by atoms with E-state index in [1.165, 1.54) is 0 Å². The molecule has 0 bridgehead atoms. The van der Waals surface area contributed by atoms with Crippen LogP contribution in [0.1, 0.15) is 45.1 Å². The van der Waals surface area contributed by atoms with Crippen molar-refractivity contribution in [3.8, 4) is 5.75 Å². The Labute approximate surface area is 114 Å². The second kappa shape index (κ2) is 8.29. The van der Waals surface area contributed by atoms with Gasteiger partial charge in [0.1, 0.15) is 5.75 Å². The lowest BCUT2D eigenvalue weighted by Gasteiger charge is -2.12. The standard InChI is InChI=1S/C15H22N2O2/c1-3-5-13(6-4-2)15(19)17-16-11-12-7-9-14(18)10-8-12/h7-11,13,18H,3-6H2,1-2H3,(H,17,19)/b16-11+. The molecule has 0 fully saturated rings. The molecule has 2 N–H and O–H groups in total. The van der Waals surface area contributed by atoms with E-state index in [1.54, 1.807) is 30.5 Å². The zero-order valence-electron chi connectivity index (χ0n) is 11.6. The van der Waals surface area contributed by atoms with Crippen molar-refractivity contribution in [2.45, 2.75) is 39.5 Å². The smallest absolute Gasteiger partial charge is 0.243 e. The largest absolute Gasteiger partial charge is 0.508 e. The predicted molar refractivity (Wildman–Crippen MR) is 77.1 cm³/mol. The first-order valence-electron chi connectivity index (χ1n) is 6.79. The van der Waals surface area contributed by atoms with Crippen LogP contribution in [0.4, 0.5) is 0 Å². The molecule has 4 nitrogen and oxygen atoms in total. The number of phenols is 1. The lowest BCUT2D eigenvalue weighted by atomic mass is 9.98. The number of benzene rings is 1. The highest BCUT2D eigenvalue weighted by Crippen LogP contribution is 2.13. The minimum absolute atomic E-state index is 0.0151. The summed E-state index contributed by atoms with van der Waals surface area (Å²) < 4.78 is 0. The maximum absolute atomic E-state index is 11.9. The Morgan fingerprint density at radius 2 is 1.84 bits per heavy atom. The lowest BCUT2D eigenvalue weighted by Crippen LogP contribution is -2.26. The van der Waals surface area contributed by atoms with Crippen LogP contribution in [-0.2, 0) is 4.79 Å². The lowest BCUT2D eigenvalue weighted by molar-refractivity contribution is -0.125. The molecule has 0 saturated carbocycles. The maximum Gasteiger partial charge on any atom is 0.243 e. The fourth-order valence-corrected chi connectivity index (χ4v) is 1.93. The van der Waals surface area contributed by atoms with E-state index in [9.17, 15) is 4.79 Å². The number of carbonyl (C=O) groups is 1. The van der Waals surface area contributed by atoms with E-state index in [0.717, 1.165) is 31.2 Å². The first-order valence-corrected chi connectivity index (χ1v) is 6.79. The minimum Gasteiger partial charge on any atom is -0.508 e. The van der Waals surface area contributed by atoms with Crippen molar-refractivity contribution < 1.29 is 9.90 Å². The van der Waals surface area contributed by atoms with Crippen molar-refractivity contribution in [1.29, 1.82) is 0 Å². The Kier molecular flexibility index (Phi) is 6.64. The molecule has 19 heavy (non-hydrogen) atoms. The van der Waals surface area contributed by atoms with Crippen LogP contribution < -0.4 is 5.43 Å². The SMILES string of the molecule is CCCC(CCC)C(=O)N/N=C/c1ccc(O)cc1. The van der Waals surface area contributed by atoms with Gasteiger partial charge in [0.15, 0.2) is 0 Å². The number of carbonyl (C=O) groups excluding carboxylic acids is 1. The highest BCUT2D eigenvalue weighted by molar-refractivity contribution is 5.83. The number of hydrogen-bond acceptors (Lipinski definition) is 3. The Morgan fingerprint density at radius 3 is 2.37 bits per heavy atom. The number of phenolic OH excluding ortho intramolecular Hbond substituents is 1. The second-order valence-corrected chi connectivity index (χ2v) is 4.60. The number of amides is 1. The normalized spacial score (nSPS) is 11.1. The van der Waals surface area contributed by atoms with Crippen molar-refractivity contribution in [2.24, 2.45) is 11.0 Å². The van der Waals surface area contributed by atoms with Crippen molar-refractivity contribution in [2.75, 3.05) is 0 Å². The average Bonchev–Trinajstić information content (AvgIpc) is 2.40. The summed E-state index contributed by atoms with van der Waals surface area (Å²) in [5.74, 6) is 0.248. The molecule has 1 aromatic rings. The van der Waals surface area contributed by atoms with Gasteiger partial charge in [0.05, 0.1) is 6.21 Å². The Morgan fingerprint density at radius 1 is 1.26 bits per heavy atom. The van der Waals surface area contributed by atoms with E-state index in [1.807, 2.05) is 0 Å². The van der Waals surface area contributed by atoms with Crippen LogP contribution in [0.3, 0.4) is 0 Å². The quantitative estimate of drug-likeness (QED) is 0.586. The number of hydrogen-bond donors (Lipinski definition) is 2. The molecule has 0 aromatic heterocycles. The molecular formula is C15H22N2O2. The number of aromatic hydroxyl groups is 1. The van der Waals surface area contributed by atoms with E-state index in [2.05, 4.69) is 24.4 Å². The molecule has 1 rings (SSSR count). The Hall–Kier alpha value is -1.84. The number of nitrogens with one attached hydrogen (secondary N) is 1. The molecule has 0 aliphatic rings. The monoisotopic (exact) mass is 262 g/mol. The van der Waals surface area contributed by atoms with Crippen molar-refractivity contribution in [3.63, 3.8) is 0 Å². The summed E-state index contributed by atoms with van der Waals surface area (Å²) in [6, 6.07) is 6.64. The van der Waals surface area contributed by atoms with Crippen LogP contribution in [0.15, 0.2) is 29.4 Å². The molecule has 0 radical (unpaired) electrons. The van der Waals surface area contributed by atoms with E-state index in [4.69, 9.17) is 5.11 Å². The first-order chi connectivity index (χ1) is 9.17. The van der Waals surface area contributed by atoms with Crippen LogP contribution in [0.5, 0.6) is 5.75 Å². The predicted octanol–water partition coefficient (Wildman–Crippen LogP) is 3.06. The summed E-state index contributed by atoms with van der Waals surface area (Å²) >= 11 is 0. The van der Waals surface area contributed by atoms with E-state index < -0.39 is 0 Å². The van der Waals surface area contributed by atoms with Crippen LogP contribution in [-0.4, -0.2) is 17.2 Å². The molecule has 0 spiro atoms. The van der Waals surface area contributed by atoms with Gasteiger partial charge in [-0.2, -0.15) is 5.10 Å². The van der Waals surface area contributed by atoms with Crippen molar-refractivity contribution in [3.05, 3.63) is 29.8 Å². The third-order valence-electron chi connectivity index (χ3n) is 2.93. The Bertz CT molecular complexity index is 407. The Balaban J connectivity index is 2.49. The van der Waals surface area contributed by atoms with Gasteiger partial charge in [-0.3, -0.25) is 4.79 Å². The molecule has 0 unspecified atom stereocenters. The molecule has 0 heterocycles.